The highest BCUT2D eigenvalue weighted by Gasteiger charge is 2.13. The average molecular weight is 732 g/mol. The normalized spacial score (nSPS) is 11.5. The fourth-order valence-electron chi connectivity index (χ4n) is 3.78. The number of nitrogens with one attached hydrogen (secondary N) is 1. The molecule has 15 nitrogen and oxygen atoms in total. The number of hydrogen-bond acceptors (Lipinski definition) is 14. The molecule has 2 rings (SSSR count). The molecule has 0 bridgehead atoms. The molecule has 0 unspecified atom stereocenters. The molecule has 0 aliphatic rings. The minimum absolute atomic E-state index is 0.0630. The van der Waals surface area contributed by atoms with Crippen molar-refractivity contribution in [2.75, 3.05) is 137 Å². The van der Waals surface area contributed by atoms with Crippen LogP contribution in [0, 0.1) is 0 Å². The van der Waals surface area contributed by atoms with E-state index in [1.54, 1.807) is 42.5 Å². The molecule has 0 aromatic heterocycles. The van der Waals surface area contributed by atoms with Gasteiger partial charge in [-0.05, 0) is 36.4 Å². The van der Waals surface area contributed by atoms with Crippen molar-refractivity contribution >= 4 is 21.7 Å². The Hall–Kier alpha value is -2.74. The van der Waals surface area contributed by atoms with Crippen LogP contribution < -0.4 is 10.1 Å². The van der Waals surface area contributed by atoms with E-state index in [1.165, 1.54) is 19.1 Å². The standard InChI is InChI=1S/C34H53NO14S/c1-31(36)35-32-7-9-33(10-8-32)48-29-27-46-25-23-44-21-19-42-17-15-40-13-11-39-12-14-41-16-18-43-20-22-45-24-26-47-28-30-49-50(37,38)34-5-3-2-4-6-34/h2-10H,11-30H2,1H3,(H,35,36). The van der Waals surface area contributed by atoms with Gasteiger partial charge in [-0.25, -0.2) is 0 Å². The maximum absolute atomic E-state index is 12.0. The van der Waals surface area contributed by atoms with Gasteiger partial charge in [-0.1, -0.05) is 18.2 Å². The molecule has 2 aromatic carbocycles. The molecule has 0 atom stereocenters. The first kappa shape index (κ1) is 43.4. The Balaban J connectivity index is 1.19. The topological polar surface area (TPSA) is 165 Å². The van der Waals surface area contributed by atoms with Crippen LogP contribution in [0.15, 0.2) is 59.5 Å². The largest absolute Gasteiger partial charge is 0.491 e. The van der Waals surface area contributed by atoms with Crippen LogP contribution in [0.4, 0.5) is 5.69 Å². The predicted molar refractivity (Wildman–Crippen MR) is 183 cm³/mol. The van der Waals surface area contributed by atoms with E-state index >= 15 is 0 Å². The van der Waals surface area contributed by atoms with Crippen LogP contribution in [-0.2, 0) is 61.7 Å². The summed E-state index contributed by atoms with van der Waals surface area (Å²) in [5, 5.41) is 2.70. The second kappa shape index (κ2) is 29.9. The number of benzene rings is 2. The third-order valence-electron chi connectivity index (χ3n) is 6.15. The second-order valence-corrected chi connectivity index (χ2v) is 11.8. The summed E-state index contributed by atoms with van der Waals surface area (Å²) in [6, 6.07) is 15.1. The first-order chi connectivity index (χ1) is 24.5. The number of anilines is 1. The molecular formula is C34H53NO14S. The van der Waals surface area contributed by atoms with Gasteiger partial charge in [0, 0.05) is 12.6 Å². The van der Waals surface area contributed by atoms with Gasteiger partial charge in [0.2, 0.25) is 5.91 Å². The SMILES string of the molecule is CC(=O)Nc1ccc(OCCOCCOCCOCCOCCOCCOCCOCCOCCOCCOS(=O)(=O)c2ccccc2)cc1. The summed E-state index contributed by atoms with van der Waals surface area (Å²) in [4.78, 5) is 11.2. The molecule has 0 radical (unpaired) electrons. The van der Waals surface area contributed by atoms with E-state index in [1.807, 2.05) is 0 Å². The Morgan fingerprint density at radius 2 is 0.820 bits per heavy atom. The van der Waals surface area contributed by atoms with Crippen molar-refractivity contribution in [1.82, 2.24) is 0 Å². The minimum Gasteiger partial charge on any atom is -0.491 e. The highest BCUT2D eigenvalue weighted by molar-refractivity contribution is 7.86. The summed E-state index contributed by atoms with van der Waals surface area (Å²) in [5.41, 5.74) is 0.725. The first-order valence-corrected chi connectivity index (χ1v) is 18.0. The van der Waals surface area contributed by atoms with E-state index in [2.05, 4.69) is 5.32 Å². The van der Waals surface area contributed by atoms with Gasteiger partial charge in [0.15, 0.2) is 0 Å². The van der Waals surface area contributed by atoms with Crippen molar-refractivity contribution < 1.29 is 64.8 Å². The summed E-state index contributed by atoms with van der Waals surface area (Å²) in [6.07, 6.45) is 0. The molecule has 16 heteroatoms. The van der Waals surface area contributed by atoms with E-state index in [0.29, 0.717) is 125 Å². The Morgan fingerprint density at radius 3 is 1.18 bits per heavy atom. The molecule has 0 aliphatic carbocycles. The lowest BCUT2D eigenvalue weighted by Crippen LogP contribution is -2.16. The van der Waals surface area contributed by atoms with Crippen molar-refractivity contribution in [3.63, 3.8) is 0 Å². The van der Waals surface area contributed by atoms with Gasteiger partial charge in [-0.15, -0.1) is 0 Å². The molecule has 284 valence electrons. The van der Waals surface area contributed by atoms with Crippen molar-refractivity contribution in [1.29, 1.82) is 0 Å². The van der Waals surface area contributed by atoms with Gasteiger partial charge in [0.05, 0.1) is 130 Å². The average Bonchev–Trinajstić information content (AvgIpc) is 3.11. The summed E-state index contributed by atoms with van der Waals surface area (Å²) in [7, 11) is -3.76. The molecule has 1 N–H and O–H groups in total. The number of amides is 1. The van der Waals surface area contributed by atoms with Crippen molar-refractivity contribution in [2.45, 2.75) is 11.8 Å². The molecule has 1 amide bonds. The van der Waals surface area contributed by atoms with Gasteiger partial charge in [-0.3, -0.25) is 8.98 Å². The van der Waals surface area contributed by atoms with Crippen LogP contribution in [0.2, 0.25) is 0 Å². The highest BCUT2D eigenvalue weighted by atomic mass is 32.2. The van der Waals surface area contributed by atoms with E-state index in [4.69, 9.17) is 51.6 Å². The van der Waals surface area contributed by atoms with Gasteiger partial charge in [0.25, 0.3) is 10.1 Å². The van der Waals surface area contributed by atoms with Gasteiger partial charge in [-0.2, -0.15) is 8.42 Å². The van der Waals surface area contributed by atoms with E-state index < -0.39 is 10.1 Å². The predicted octanol–water partition coefficient (Wildman–Crippen LogP) is 2.58. The molecule has 0 aliphatic heterocycles. The molecule has 0 saturated carbocycles. The number of rotatable bonds is 34. The highest BCUT2D eigenvalue weighted by Crippen LogP contribution is 2.15. The molecular weight excluding hydrogens is 678 g/mol. The molecule has 2 aromatic rings. The summed E-state index contributed by atoms with van der Waals surface area (Å²) in [5.74, 6) is 0.594. The number of carbonyl (C=O) groups is 1. The van der Waals surface area contributed by atoms with Gasteiger partial charge in [0.1, 0.15) is 12.4 Å². The third kappa shape index (κ3) is 24.4. The number of carbonyl (C=O) groups excluding carboxylic acids is 1. The summed E-state index contributed by atoms with van der Waals surface area (Å²) < 4.78 is 83.5. The lowest BCUT2D eigenvalue weighted by Gasteiger charge is -2.09. The van der Waals surface area contributed by atoms with Crippen LogP contribution in [0.25, 0.3) is 0 Å². The van der Waals surface area contributed by atoms with E-state index in [-0.39, 0.29) is 24.0 Å². The number of ether oxygens (including phenoxy) is 10. The maximum atomic E-state index is 12.0. The van der Waals surface area contributed by atoms with Crippen molar-refractivity contribution in [3.05, 3.63) is 54.6 Å². The van der Waals surface area contributed by atoms with Crippen LogP contribution in [0.5, 0.6) is 5.75 Å². The van der Waals surface area contributed by atoms with Gasteiger partial charge < -0.3 is 52.7 Å². The molecule has 0 heterocycles. The lowest BCUT2D eigenvalue weighted by molar-refractivity contribution is -0.114. The molecule has 0 fully saturated rings. The lowest BCUT2D eigenvalue weighted by atomic mass is 10.3. The number of hydrogen-bond donors (Lipinski definition) is 1. The van der Waals surface area contributed by atoms with E-state index in [9.17, 15) is 13.2 Å². The van der Waals surface area contributed by atoms with E-state index in [0.717, 1.165) is 5.69 Å². The Labute approximate surface area is 295 Å². The van der Waals surface area contributed by atoms with Crippen molar-refractivity contribution in [2.24, 2.45) is 0 Å². The Morgan fingerprint density at radius 1 is 0.480 bits per heavy atom. The Kier molecular flexibility index (Phi) is 26.0. The molecule has 50 heavy (non-hydrogen) atoms. The molecule has 0 saturated heterocycles. The minimum atomic E-state index is -3.76. The zero-order valence-electron chi connectivity index (χ0n) is 29.0. The fourth-order valence-corrected chi connectivity index (χ4v) is 4.69. The van der Waals surface area contributed by atoms with Gasteiger partial charge >= 0.3 is 0 Å². The Bertz CT molecular complexity index is 1190. The van der Waals surface area contributed by atoms with Crippen molar-refractivity contribution in [3.8, 4) is 5.75 Å². The van der Waals surface area contributed by atoms with Crippen LogP contribution in [-0.4, -0.2) is 146 Å². The quantitative estimate of drug-likeness (QED) is 0.0825. The summed E-state index contributed by atoms with van der Waals surface area (Å²) in [6.45, 7) is 9.57. The summed E-state index contributed by atoms with van der Waals surface area (Å²) >= 11 is 0. The maximum Gasteiger partial charge on any atom is 0.297 e. The zero-order chi connectivity index (χ0) is 35.8. The first-order valence-electron chi connectivity index (χ1n) is 16.6. The zero-order valence-corrected chi connectivity index (χ0v) is 29.8. The smallest absolute Gasteiger partial charge is 0.297 e. The van der Waals surface area contributed by atoms with Crippen LogP contribution in [0.1, 0.15) is 6.92 Å². The van der Waals surface area contributed by atoms with Crippen LogP contribution >= 0.6 is 0 Å². The monoisotopic (exact) mass is 731 g/mol. The third-order valence-corrected chi connectivity index (χ3v) is 7.47. The fraction of sp³-hybridized carbons (Fsp3) is 0.618. The molecule has 0 spiro atoms. The van der Waals surface area contributed by atoms with Crippen LogP contribution in [0.3, 0.4) is 0 Å². The second-order valence-electron chi connectivity index (χ2n) is 10.2.